The van der Waals surface area contributed by atoms with Gasteiger partial charge in [0, 0.05) is 12.6 Å². The standard InChI is InChI=1S/C27H37BrN2O3/c1-8-19(3)29-26(32)20(4)30(16-21-11-9-10-18(2)14-21)25(31)17-33-24-13-12-22(15-23(24)28)27(5,6)7/h9-15,19-20H,8,16-17H2,1-7H3,(H,29,32)/t19-,20-/m1/s1. The summed E-state index contributed by atoms with van der Waals surface area (Å²) in [5.41, 5.74) is 3.27. The van der Waals surface area contributed by atoms with Crippen LogP contribution in [0.2, 0.25) is 0 Å². The molecule has 0 aliphatic carbocycles. The Hall–Kier alpha value is -2.34. The number of aryl methyl sites for hydroxylation is 1. The predicted molar refractivity (Wildman–Crippen MR) is 137 cm³/mol. The Bertz CT molecular complexity index is 968. The van der Waals surface area contributed by atoms with E-state index < -0.39 is 6.04 Å². The van der Waals surface area contributed by atoms with Gasteiger partial charge in [0.05, 0.1) is 4.47 Å². The van der Waals surface area contributed by atoms with Gasteiger partial charge in [-0.2, -0.15) is 0 Å². The third-order valence-corrected chi connectivity index (χ3v) is 6.37. The van der Waals surface area contributed by atoms with Crippen molar-refractivity contribution in [2.75, 3.05) is 6.61 Å². The number of nitrogens with zero attached hydrogens (tertiary/aromatic N) is 1. The van der Waals surface area contributed by atoms with E-state index in [-0.39, 0.29) is 29.9 Å². The normalized spacial score (nSPS) is 13.2. The van der Waals surface area contributed by atoms with E-state index in [1.807, 2.05) is 63.2 Å². The lowest BCUT2D eigenvalue weighted by atomic mass is 9.87. The predicted octanol–water partition coefficient (Wildman–Crippen LogP) is 5.77. The molecule has 1 N–H and O–H groups in total. The highest BCUT2D eigenvalue weighted by atomic mass is 79.9. The molecule has 2 aromatic rings. The number of ether oxygens (including phenoxy) is 1. The number of hydrogen-bond acceptors (Lipinski definition) is 3. The molecule has 0 heterocycles. The maximum absolute atomic E-state index is 13.3. The Morgan fingerprint density at radius 3 is 2.39 bits per heavy atom. The molecule has 0 radical (unpaired) electrons. The highest BCUT2D eigenvalue weighted by Crippen LogP contribution is 2.31. The van der Waals surface area contributed by atoms with Gasteiger partial charge in [-0.3, -0.25) is 9.59 Å². The summed E-state index contributed by atoms with van der Waals surface area (Å²) in [5, 5.41) is 2.98. The first-order valence-electron chi connectivity index (χ1n) is 11.5. The molecule has 0 saturated heterocycles. The molecule has 33 heavy (non-hydrogen) atoms. The number of amides is 2. The summed E-state index contributed by atoms with van der Waals surface area (Å²) >= 11 is 3.56. The molecule has 2 amide bonds. The second-order valence-corrected chi connectivity index (χ2v) is 10.5. The molecule has 0 aliphatic heterocycles. The SMILES string of the molecule is CC[C@@H](C)NC(=O)[C@@H](C)N(Cc1cccc(C)c1)C(=O)COc1ccc(C(C)(C)C)cc1Br. The lowest BCUT2D eigenvalue weighted by Crippen LogP contribution is -2.50. The van der Waals surface area contributed by atoms with Gasteiger partial charge in [0.1, 0.15) is 11.8 Å². The highest BCUT2D eigenvalue weighted by molar-refractivity contribution is 9.10. The minimum Gasteiger partial charge on any atom is -0.483 e. The zero-order chi connectivity index (χ0) is 24.8. The second-order valence-electron chi connectivity index (χ2n) is 9.69. The third kappa shape index (κ3) is 7.88. The number of halogens is 1. The molecule has 2 aromatic carbocycles. The van der Waals surface area contributed by atoms with E-state index in [0.29, 0.717) is 12.3 Å². The van der Waals surface area contributed by atoms with Crippen molar-refractivity contribution in [2.45, 2.75) is 78.9 Å². The van der Waals surface area contributed by atoms with Gasteiger partial charge in [0.15, 0.2) is 6.61 Å². The fourth-order valence-corrected chi connectivity index (χ4v) is 3.86. The van der Waals surface area contributed by atoms with Crippen LogP contribution in [-0.4, -0.2) is 35.4 Å². The van der Waals surface area contributed by atoms with Crippen LogP contribution in [0.15, 0.2) is 46.9 Å². The monoisotopic (exact) mass is 516 g/mol. The van der Waals surface area contributed by atoms with Crippen LogP contribution >= 0.6 is 15.9 Å². The van der Waals surface area contributed by atoms with Crippen molar-refractivity contribution in [3.8, 4) is 5.75 Å². The van der Waals surface area contributed by atoms with Crippen molar-refractivity contribution in [1.29, 1.82) is 0 Å². The Morgan fingerprint density at radius 1 is 1.12 bits per heavy atom. The zero-order valence-electron chi connectivity index (χ0n) is 20.9. The van der Waals surface area contributed by atoms with Gasteiger partial charge in [0.2, 0.25) is 5.91 Å². The van der Waals surface area contributed by atoms with Crippen LogP contribution in [0.5, 0.6) is 5.75 Å². The molecule has 0 spiro atoms. The van der Waals surface area contributed by atoms with Crippen LogP contribution in [0.3, 0.4) is 0 Å². The van der Waals surface area contributed by atoms with E-state index in [1.165, 1.54) is 5.56 Å². The van der Waals surface area contributed by atoms with Crippen LogP contribution in [0.4, 0.5) is 0 Å². The maximum Gasteiger partial charge on any atom is 0.261 e. The average molecular weight is 518 g/mol. The summed E-state index contributed by atoms with van der Waals surface area (Å²) < 4.78 is 6.67. The molecule has 2 rings (SSSR count). The summed E-state index contributed by atoms with van der Waals surface area (Å²) in [6, 6.07) is 13.3. The molecule has 0 saturated carbocycles. The van der Waals surface area contributed by atoms with Crippen LogP contribution < -0.4 is 10.1 Å². The van der Waals surface area contributed by atoms with Crippen LogP contribution in [0.1, 0.15) is 64.7 Å². The number of nitrogens with one attached hydrogen (secondary N) is 1. The molecule has 0 aromatic heterocycles. The lowest BCUT2D eigenvalue weighted by molar-refractivity contribution is -0.142. The van der Waals surface area contributed by atoms with Gasteiger partial charge in [-0.25, -0.2) is 0 Å². The van der Waals surface area contributed by atoms with Gasteiger partial charge in [0.25, 0.3) is 5.91 Å². The first-order valence-corrected chi connectivity index (χ1v) is 12.3. The number of benzene rings is 2. The summed E-state index contributed by atoms with van der Waals surface area (Å²) in [6.45, 7) is 14.4. The molecule has 2 atom stereocenters. The van der Waals surface area contributed by atoms with Gasteiger partial charge in [-0.15, -0.1) is 0 Å². The van der Waals surface area contributed by atoms with E-state index in [4.69, 9.17) is 4.74 Å². The van der Waals surface area contributed by atoms with Crippen molar-refractivity contribution < 1.29 is 14.3 Å². The zero-order valence-corrected chi connectivity index (χ0v) is 22.5. The van der Waals surface area contributed by atoms with E-state index in [2.05, 4.69) is 42.0 Å². The third-order valence-electron chi connectivity index (χ3n) is 5.75. The van der Waals surface area contributed by atoms with Crippen LogP contribution in [0, 0.1) is 6.92 Å². The topological polar surface area (TPSA) is 58.6 Å². The molecule has 0 fully saturated rings. The Morgan fingerprint density at radius 2 is 1.82 bits per heavy atom. The van der Waals surface area contributed by atoms with Crippen LogP contribution in [0.25, 0.3) is 0 Å². The van der Waals surface area contributed by atoms with Gasteiger partial charge >= 0.3 is 0 Å². The molecule has 5 nitrogen and oxygen atoms in total. The molecular formula is C27H37BrN2O3. The molecule has 6 heteroatoms. The van der Waals surface area contributed by atoms with Crippen molar-refractivity contribution in [3.05, 3.63) is 63.6 Å². The lowest BCUT2D eigenvalue weighted by Gasteiger charge is -2.30. The Labute approximate surface area is 207 Å². The summed E-state index contributed by atoms with van der Waals surface area (Å²) in [7, 11) is 0. The highest BCUT2D eigenvalue weighted by Gasteiger charge is 2.27. The summed E-state index contributed by atoms with van der Waals surface area (Å²) in [6.07, 6.45) is 0.825. The minimum absolute atomic E-state index is 0.0138. The number of hydrogen-bond donors (Lipinski definition) is 1. The van der Waals surface area contributed by atoms with Gasteiger partial charge in [-0.1, -0.05) is 63.6 Å². The van der Waals surface area contributed by atoms with Crippen molar-refractivity contribution in [1.82, 2.24) is 10.2 Å². The fraction of sp³-hybridized carbons (Fsp3) is 0.481. The van der Waals surface area contributed by atoms with Gasteiger partial charge in [-0.05, 0) is 71.8 Å². The van der Waals surface area contributed by atoms with Crippen molar-refractivity contribution in [2.24, 2.45) is 0 Å². The number of rotatable bonds is 9. The van der Waals surface area contributed by atoms with Crippen LogP contribution in [-0.2, 0) is 21.5 Å². The largest absolute Gasteiger partial charge is 0.483 e. The Kier molecular flexibility index (Phi) is 9.53. The second kappa shape index (κ2) is 11.7. The van der Waals surface area contributed by atoms with E-state index in [9.17, 15) is 9.59 Å². The number of carbonyl (C=O) groups excluding carboxylic acids is 2. The fourth-order valence-electron chi connectivity index (χ4n) is 3.36. The summed E-state index contributed by atoms with van der Waals surface area (Å²) in [4.78, 5) is 27.7. The van der Waals surface area contributed by atoms with E-state index in [0.717, 1.165) is 22.0 Å². The first kappa shape index (κ1) is 26.9. The quantitative estimate of drug-likeness (QED) is 0.460. The molecular weight excluding hydrogens is 480 g/mol. The molecule has 180 valence electrons. The van der Waals surface area contributed by atoms with E-state index in [1.54, 1.807) is 11.8 Å². The molecule has 0 aliphatic rings. The maximum atomic E-state index is 13.3. The molecule has 0 bridgehead atoms. The summed E-state index contributed by atoms with van der Waals surface area (Å²) in [5.74, 6) is 0.194. The molecule has 0 unspecified atom stereocenters. The van der Waals surface area contributed by atoms with Gasteiger partial charge < -0.3 is 15.0 Å². The smallest absolute Gasteiger partial charge is 0.261 e. The van der Waals surface area contributed by atoms with Crippen molar-refractivity contribution in [3.63, 3.8) is 0 Å². The first-order chi connectivity index (χ1) is 15.4. The van der Waals surface area contributed by atoms with Crippen molar-refractivity contribution >= 4 is 27.7 Å². The van der Waals surface area contributed by atoms with E-state index >= 15 is 0 Å². The Balaban J connectivity index is 2.19. The average Bonchev–Trinajstić information content (AvgIpc) is 2.75. The number of carbonyl (C=O) groups is 2. The minimum atomic E-state index is -0.623.